The quantitative estimate of drug-likeness (QED) is 0.196. The molecular formula is C21H15BrCl4N2O5. The van der Waals surface area contributed by atoms with Crippen molar-refractivity contribution < 1.29 is 23.9 Å². The molecule has 1 heterocycles. The summed E-state index contributed by atoms with van der Waals surface area (Å²) in [7, 11) is 0. The number of rotatable bonds is 6. The van der Waals surface area contributed by atoms with Crippen LogP contribution in [-0.4, -0.2) is 41.7 Å². The fraction of sp³-hybridized carbons (Fsp3) is 0.238. The Morgan fingerprint density at radius 3 is 1.91 bits per heavy atom. The molecule has 7 nitrogen and oxygen atoms in total. The second kappa shape index (κ2) is 10.2. The van der Waals surface area contributed by atoms with Crippen molar-refractivity contribution in [3.8, 4) is 0 Å². The normalized spacial score (nSPS) is 12.8. The van der Waals surface area contributed by atoms with Gasteiger partial charge in [0.15, 0.2) is 6.61 Å². The summed E-state index contributed by atoms with van der Waals surface area (Å²) >= 11 is 27.5. The van der Waals surface area contributed by atoms with Gasteiger partial charge in [-0.2, -0.15) is 0 Å². The Kier molecular flexibility index (Phi) is 7.96. The number of hydrogen-bond donors (Lipinski definition) is 1. The van der Waals surface area contributed by atoms with Crippen molar-refractivity contribution in [1.82, 2.24) is 4.90 Å². The highest BCUT2D eigenvalue weighted by Crippen LogP contribution is 2.44. The second-order valence-corrected chi connectivity index (χ2v) is 9.46. The fourth-order valence-corrected chi connectivity index (χ4v) is 4.48. The van der Waals surface area contributed by atoms with E-state index in [1.165, 1.54) is 0 Å². The maximum absolute atomic E-state index is 12.6. The van der Waals surface area contributed by atoms with Crippen molar-refractivity contribution >= 4 is 91.7 Å². The van der Waals surface area contributed by atoms with E-state index in [0.717, 1.165) is 20.5 Å². The molecule has 0 atom stereocenters. The summed E-state index contributed by atoms with van der Waals surface area (Å²) in [6.07, 6.45) is -0.341. The van der Waals surface area contributed by atoms with Gasteiger partial charge in [-0.3, -0.25) is 24.1 Å². The van der Waals surface area contributed by atoms with Gasteiger partial charge in [0.25, 0.3) is 17.7 Å². The number of imide groups is 1. The van der Waals surface area contributed by atoms with Crippen LogP contribution in [0.3, 0.4) is 0 Å². The molecule has 0 fully saturated rings. The van der Waals surface area contributed by atoms with E-state index in [0.29, 0.717) is 5.69 Å². The number of carbonyl (C=O) groups is 4. The number of amides is 3. The van der Waals surface area contributed by atoms with E-state index < -0.39 is 30.3 Å². The molecule has 1 aliphatic rings. The lowest BCUT2D eigenvalue weighted by atomic mass is 10.1. The predicted octanol–water partition coefficient (Wildman–Crippen LogP) is 5.85. The summed E-state index contributed by atoms with van der Waals surface area (Å²) < 4.78 is 5.89. The molecule has 3 amide bonds. The summed E-state index contributed by atoms with van der Waals surface area (Å²) in [4.78, 5) is 50.3. The zero-order valence-corrected chi connectivity index (χ0v) is 21.8. The van der Waals surface area contributed by atoms with Gasteiger partial charge in [0.1, 0.15) is 0 Å². The molecule has 1 N–H and O–H groups in total. The highest BCUT2D eigenvalue weighted by atomic mass is 79.9. The number of carbonyl (C=O) groups excluding carboxylic acids is 4. The predicted molar refractivity (Wildman–Crippen MR) is 130 cm³/mol. The molecule has 0 saturated carbocycles. The van der Waals surface area contributed by atoms with E-state index >= 15 is 0 Å². The molecule has 12 heteroatoms. The number of hydrogen-bond acceptors (Lipinski definition) is 5. The van der Waals surface area contributed by atoms with E-state index in [1.807, 2.05) is 13.8 Å². The first-order valence-electron chi connectivity index (χ1n) is 9.38. The summed E-state index contributed by atoms with van der Waals surface area (Å²) in [5.74, 6) is -2.83. The number of ether oxygens (including phenoxy) is 1. The molecular weight excluding hydrogens is 582 g/mol. The Morgan fingerprint density at radius 1 is 0.939 bits per heavy atom. The minimum absolute atomic E-state index is 0.147. The van der Waals surface area contributed by atoms with E-state index in [9.17, 15) is 19.2 Å². The number of benzene rings is 2. The number of anilines is 1. The van der Waals surface area contributed by atoms with Crippen LogP contribution in [-0.2, 0) is 14.3 Å². The Balaban J connectivity index is 1.57. The number of nitrogens with one attached hydrogen (secondary N) is 1. The van der Waals surface area contributed by atoms with Crippen LogP contribution in [0, 0.1) is 13.8 Å². The first kappa shape index (κ1) is 25.8. The van der Waals surface area contributed by atoms with Gasteiger partial charge in [0, 0.05) is 16.7 Å². The lowest BCUT2D eigenvalue weighted by molar-refractivity contribution is -0.147. The molecule has 0 aliphatic carbocycles. The minimum atomic E-state index is -0.780. The summed E-state index contributed by atoms with van der Waals surface area (Å²) in [5, 5.41) is 1.96. The monoisotopic (exact) mass is 594 g/mol. The summed E-state index contributed by atoms with van der Waals surface area (Å²) in [6.45, 7) is 2.93. The fourth-order valence-electron chi connectivity index (χ4n) is 3.23. The van der Waals surface area contributed by atoms with E-state index in [-0.39, 0.29) is 44.2 Å². The molecule has 0 unspecified atom stereocenters. The SMILES string of the molecule is Cc1cc(NC(=O)COC(=O)CCN2C(=O)c3c(Cl)c(Cl)c(Cl)c(Cl)c3C2=O)cc(C)c1Br. The van der Waals surface area contributed by atoms with Crippen molar-refractivity contribution in [3.05, 3.63) is 58.9 Å². The van der Waals surface area contributed by atoms with Gasteiger partial charge in [0.2, 0.25) is 0 Å². The Hall–Kier alpha value is -1.84. The smallest absolute Gasteiger partial charge is 0.308 e. The van der Waals surface area contributed by atoms with Crippen LogP contribution in [0.2, 0.25) is 20.1 Å². The lowest BCUT2D eigenvalue weighted by Gasteiger charge is -2.13. The molecule has 0 bridgehead atoms. The third kappa shape index (κ3) is 5.15. The van der Waals surface area contributed by atoms with Gasteiger partial charge in [-0.05, 0) is 37.1 Å². The second-order valence-electron chi connectivity index (χ2n) is 7.15. The number of fused-ring (bicyclic) bond motifs is 1. The van der Waals surface area contributed by atoms with Gasteiger partial charge >= 0.3 is 5.97 Å². The third-order valence-corrected chi connectivity index (χ3v) is 7.86. The number of esters is 1. The maximum Gasteiger partial charge on any atom is 0.308 e. The van der Waals surface area contributed by atoms with E-state index in [2.05, 4.69) is 21.2 Å². The van der Waals surface area contributed by atoms with Crippen molar-refractivity contribution in [1.29, 1.82) is 0 Å². The molecule has 0 saturated heterocycles. The largest absolute Gasteiger partial charge is 0.456 e. The standard InChI is InChI=1S/C21H15BrCl4N2O5/c1-8-5-10(6-9(2)15(8)22)27-11(29)7-33-12(30)3-4-28-20(31)13-14(21(28)32)17(24)19(26)18(25)16(13)23/h5-6H,3-4,7H2,1-2H3,(H,27,29). The van der Waals surface area contributed by atoms with Crippen molar-refractivity contribution in [2.75, 3.05) is 18.5 Å². The molecule has 0 radical (unpaired) electrons. The summed E-state index contributed by atoms with van der Waals surface area (Å²) in [6, 6.07) is 3.54. The Bertz CT molecular complexity index is 1150. The van der Waals surface area contributed by atoms with Crippen LogP contribution in [0.25, 0.3) is 0 Å². The van der Waals surface area contributed by atoms with Crippen LogP contribution in [0.1, 0.15) is 38.3 Å². The maximum atomic E-state index is 12.6. The van der Waals surface area contributed by atoms with Crippen LogP contribution in [0.4, 0.5) is 5.69 Å². The molecule has 0 spiro atoms. The first-order chi connectivity index (χ1) is 15.4. The van der Waals surface area contributed by atoms with Gasteiger partial charge in [-0.15, -0.1) is 0 Å². The van der Waals surface area contributed by atoms with Gasteiger partial charge in [-0.25, -0.2) is 0 Å². The number of aryl methyl sites for hydroxylation is 2. The average molecular weight is 597 g/mol. The van der Waals surface area contributed by atoms with E-state index in [1.54, 1.807) is 12.1 Å². The highest BCUT2D eigenvalue weighted by Gasteiger charge is 2.41. The van der Waals surface area contributed by atoms with Crippen molar-refractivity contribution in [2.24, 2.45) is 0 Å². The van der Waals surface area contributed by atoms with Crippen LogP contribution < -0.4 is 5.32 Å². The molecule has 2 aromatic carbocycles. The zero-order valence-electron chi connectivity index (χ0n) is 17.2. The molecule has 33 heavy (non-hydrogen) atoms. The van der Waals surface area contributed by atoms with Crippen molar-refractivity contribution in [3.63, 3.8) is 0 Å². The van der Waals surface area contributed by atoms with Crippen LogP contribution in [0.15, 0.2) is 16.6 Å². The number of nitrogens with zero attached hydrogens (tertiary/aromatic N) is 1. The molecule has 3 rings (SSSR count). The Morgan fingerprint density at radius 2 is 1.42 bits per heavy atom. The highest BCUT2D eigenvalue weighted by molar-refractivity contribution is 9.10. The van der Waals surface area contributed by atoms with Crippen molar-refractivity contribution in [2.45, 2.75) is 20.3 Å². The molecule has 174 valence electrons. The number of halogens is 5. The first-order valence-corrected chi connectivity index (χ1v) is 11.7. The minimum Gasteiger partial charge on any atom is -0.456 e. The van der Waals surface area contributed by atoms with Gasteiger partial charge in [-0.1, -0.05) is 62.3 Å². The zero-order chi connectivity index (χ0) is 24.6. The third-order valence-electron chi connectivity index (χ3n) is 4.81. The molecule has 2 aromatic rings. The molecule has 0 aromatic heterocycles. The average Bonchev–Trinajstić information content (AvgIpc) is 3.01. The van der Waals surface area contributed by atoms with Crippen LogP contribution >= 0.6 is 62.3 Å². The molecule has 1 aliphatic heterocycles. The summed E-state index contributed by atoms with van der Waals surface area (Å²) in [5.41, 5.74) is 2.09. The van der Waals surface area contributed by atoms with Gasteiger partial charge < -0.3 is 10.1 Å². The topological polar surface area (TPSA) is 92.8 Å². The lowest BCUT2D eigenvalue weighted by Crippen LogP contribution is -2.32. The van der Waals surface area contributed by atoms with Crippen LogP contribution in [0.5, 0.6) is 0 Å². The van der Waals surface area contributed by atoms with Gasteiger partial charge in [0.05, 0.1) is 37.6 Å². The van der Waals surface area contributed by atoms with E-state index in [4.69, 9.17) is 51.1 Å². The Labute approximate surface area is 217 Å².